The Labute approximate surface area is 744 Å². The maximum Gasteiger partial charge on any atom is 0.472 e. The van der Waals surface area contributed by atoms with Crippen molar-refractivity contribution in [2.24, 2.45) is 0 Å². The molecule has 714 valence electrons. The summed E-state index contributed by atoms with van der Waals surface area (Å²) in [6.07, 6.45) is -24.0. The van der Waals surface area contributed by atoms with Gasteiger partial charge in [-0.3, -0.25) is 54.7 Å². The number of hydrogen-bond donors (Lipinski definition) is 13. The molecule has 0 saturated carbocycles. The van der Waals surface area contributed by atoms with Gasteiger partial charge in [0.2, 0.25) is 0 Å². The van der Waals surface area contributed by atoms with Crippen molar-refractivity contribution in [3.05, 3.63) is 107 Å². The number of halogens is 3. The summed E-state index contributed by atoms with van der Waals surface area (Å²) >= 11 is 5.26. The Kier molecular flexibility index (Phi) is 24.2. The number of anilines is 4. The standard InChI is InChI=1S/C22H25FN9O11PS.C21H24FN10O10PS.C21H24FN10O9PS2/c1-8-29-19-13(20(34)30-8)28-7-32(19)22-16-14(33)9(40-22)2-3-45(37,38)43-15-10(4-39-44(35,36)42-16)41-21(11(15)23)31-6-27-12-17(24)25-5-26-18(12)31;22-12-16-10(40-21(12)31-7-28-13-18(24)26-6-27-20(13)31)4-30-44(36,37)42-17-14(33)11(5-38-43(34,35)41-16)39-15(17)9-3-25-19-8(23)1-2-29-32(9)19;1-8-29-18-14(19(33)30-8)27-7-32(18)20-10-2-9(38-20)3-28-44(35,36)41-15-11(4-37-42(34,43)40-10)39-21(12(15)22)31-6-26-13-16(23)24-5-25-17(13)31/h5-7,9-11,14-16,21-22,33H,2-4H2,1H3,(H,35,36)(H2,24,25,26)(H,29,30,34);1-3,6-7,10-12,14-17,21,30,33H,4-5,23H2,(H,34,35)(H2,24,26,27);5-7,9-12,15,20-21,28H,2-4H2,1H3,(H,34,43)(H2,23,24,25)(H,29,30,33). The fraction of sp³-hybridized carbons (Fsp3) is 0.516. The van der Waals surface area contributed by atoms with Crippen LogP contribution in [0.15, 0.2) is 78.7 Å². The highest BCUT2D eigenvalue weighted by Crippen LogP contribution is 2.55. The molecule has 0 aromatic carbocycles. The van der Waals surface area contributed by atoms with Crippen LogP contribution in [0.4, 0.5) is 36.3 Å². The molecule has 9 fully saturated rings. The van der Waals surface area contributed by atoms with E-state index in [1.807, 2.05) is 0 Å². The second kappa shape index (κ2) is 35.0. The smallest absolute Gasteiger partial charge is 0.396 e. The lowest BCUT2D eigenvalue weighted by Gasteiger charge is -2.26. The zero-order valence-corrected chi connectivity index (χ0v) is 73.5. The molecule has 6 bridgehead atoms. The fourth-order valence-corrected chi connectivity index (χ4v) is 22.7. The summed E-state index contributed by atoms with van der Waals surface area (Å²) in [6, 6.07) is 1.50. The van der Waals surface area contributed by atoms with E-state index in [9.17, 15) is 68.9 Å². The van der Waals surface area contributed by atoms with Gasteiger partial charge >= 0.3 is 43.0 Å². The molecule has 26 unspecified atom stereocenters. The first kappa shape index (κ1) is 92.1. The number of fused-ring (bicyclic) bond motifs is 15. The van der Waals surface area contributed by atoms with Crippen molar-refractivity contribution < 1.29 is 141 Å². The highest BCUT2D eigenvalue weighted by atomic mass is 32.5. The number of nitrogens with zero attached hydrogens (tertiary/aromatic N) is 21. The molecule has 133 heavy (non-hydrogen) atoms. The van der Waals surface area contributed by atoms with E-state index in [1.54, 1.807) is 6.92 Å². The summed E-state index contributed by atoms with van der Waals surface area (Å²) in [6.45, 7) is -4.29. The largest absolute Gasteiger partial charge is 0.472 e. The number of nitrogens with one attached hydrogen (secondary N) is 4. The van der Waals surface area contributed by atoms with Crippen LogP contribution in [-0.2, 0) is 120 Å². The number of hydrogen-bond acceptors (Lipinski definition) is 47. The molecule has 26 atom stereocenters. The Hall–Kier alpha value is -9.96. The summed E-state index contributed by atoms with van der Waals surface area (Å²) in [5.74, 6) is -0.154. The first-order chi connectivity index (χ1) is 63.1. The third-order valence-electron chi connectivity index (χ3n) is 22.3. The lowest BCUT2D eigenvalue weighted by atomic mass is 10.1. The minimum absolute atomic E-state index is 0.00832. The average Bonchev–Trinajstić information content (AvgIpc) is 1.62. The van der Waals surface area contributed by atoms with Crippen molar-refractivity contribution in [3.8, 4) is 0 Å². The van der Waals surface area contributed by atoms with Crippen LogP contribution in [0.5, 0.6) is 0 Å². The summed E-state index contributed by atoms with van der Waals surface area (Å²) in [5.41, 5.74) is 23.9. The van der Waals surface area contributed by atoms with E-state index in [0.29, 0.717) is 5.82 Å². The third kappa shape index (κ3) is 17.8. The summed E-state index contributed by atoms with van der Waals surface area (Å²) < 4.78 is 247. The van der Waals surface area contributed by atoms with Crippen molar-refractivity contribution in [1.29, 1.82) is 0 Å². The molecule has 17 N–H and O–H groups in total. The number of rotatable bonds is 6. The van der Waals surface area contributed by atoms with Gasteiger partial charge in [-0.05, 0) is 38.1 Å². The Morgan fingerprint density at radius 1 is 0.481 bits per heavy atom. The van der Waals surface area contributed by atoms with Crippen LogP contribution in [0.25, 0.3) is 61.5 Å². The summed E-state index contributed by atoms with van der Waals surface area (Å²) in [7, 11) is -24.0. The number of phosphoric ester groups is 2. The maximum absolute atomic E-state index is 15.9. The van der Waals surface area contributed by atoms with Gasteiger partial charge in [-0.15, -0.1) is 0 Å². The van der Waals surface area contributed by atoms with Crippen LogP contribution in [0.1, 0.15) is 67.4 Å². The Balaban J connectivity index is 0.000000129. The van der Waals surface area contributed by atoms with Crippen LogP contribution < -0.4 is 43.5 Å². The van der Waals surface area contributed by atoms with Gasteiger partial charge in [-0.1, -0.05) is 0 Å². The predicted molar refractivity (Wildman–Crippen MR) is 436 cm³/mol. The third-order valence-corrected chi connectivity index (χ3v) is 29.1. The number of aliphatic hydroxyl groups excluding tert-OH is 2. The van der Waals surface area contributed by atoms with Gasteiger partial charge in [-0.2, -0.15) is 39.8 Å². The molecule has 9 aliphatic rings. The number of H-pyrrole nitrogens is 2. The number of ether oxygens (including phenoxy) is 6. The van der Waals surface area contributed by atoms with E-state index in [4.69, 9.17) is 103 Å². The Bertz CT molecular complexity index is 7200. The summed E-state index contributed by atoms with van der Waals surface area (Å²) in [4.78, 5) is 119. The molecule has 12 aromatic heterocycles. The Morgan fingerprint density at radius 3 is 1.48 bits per heavy atom. The number of phosphoric acid groups is 2. The number of aliphatic hydroxyl groups is 2. The van der Waals surface area contributed by atoms with Gasteiger partial charge < -0.3 is 95.3 Å². The minimum atomic E-state index is -5.11. The van der Waals surface area contributed by atoms with Crippen molar-refractivity contribution in [3.63, 3.8) is 0 Å². The lowest BCUT2D eigenvalue weighted by molar-refractivity contribution is -0.0561. The molecule has 0 spiro atoms. The molecule has 9 aliphatic heterocycles. The molecular formula is C64H73F3N29O30P3S4. The molecule has 59 nitrogen and oxygen atoms in total. The number of aromatic nitrogens is 23. The molecule has 21 heterocycles. The molecule has 0 aliphatic carbocycles. The van der Waals surface area contributed by atoms with Crippen LogP contribution >= 0.6 is 22.4 Å². The number of aromatic amines is 2. The number of nitrogens with two attached hydrogens (primary N) is 4. The lowest BCUT2D eigenvalue weighted by Crippen LogP contribution is -2.43. The molecule has 0 amide bonds. The number of nitrogen functional groups attached to an aromatic ring is 4. The van der Waals surface area contributed by atoms with E-state index in [-0.39, 0.29) is 109 Å². The van der Waals surface area contributed by atoms with Crippen LogP contribution in [0.3, 0.4) is 0 Å². The van der Waals surface area contributed by atoms with Crippen molar-refractivity contribution >= 4 is 150 Å². The quantitative estimate of drug-likeness (QED) is 0.0573. The van der Waals surface area contributed by atoms with Crippen molar-refractivity contribution in [2.45, 2.75) is 168 Å². The van der Waals surface area contributed by atoms with Gasteiger partial charge in [0.1, 0.15) is 127 Å². The second-order valence-electron chi connectivity index (χ2n) is 30.9. The zero-order valence-electron chi connectivity index (χ0n) is 67.5. The van der Waals surface area contributed by atoms with Crippen LogP contribution in [0, 0.1) is 13.8 Å². The van der Waals surface area contributed by atoms with E-state index in [1.165, 1.54) is 68.9 Å². The highest BCUT2D eigenvalue weighted by Gasteiger charge is 2.58. The van der Waals surface area contributed by atoms with Gasteiger partial charge in [-0.25, -0.2) is 105 Å². The normalized spacial score (nSPS) is 35.3. The van der Waals surface area contributed by atoms with E-state index in [0.717, 1.165) is 34.4 Å². The first-order valence-electron chi connectivity index (χ1n) is 39.3. The Morgan fingerprint density at radius 2 is 0.932 bits per heavy atom. The van der Waals surface area contributed by atoms with Crippen molar-refractivity contribution in [1.82, 2.24) is 122 Å². The second-order valence-corrected chi connectivity index (χ2v) is 41.0. The van der Waals surface area contributed by atoms with Crippen molar-refractivity contribution in [2.75, 3.05) is 61.6 Å². The van der Waals surface area contributed by atoms with Gasteiger partial charge in [0, 0.05) is 19.5 Å². The number of alkyl halides is 3. The molecule has 12 aromatic rings. The molecule has 9 saturated heterocycles. The number of aryl methyl sites for hydroxylation is 2. The number of imidazole rings is 6. The predicted octanol–water partition coefficient (Wildman–Crippen LogP) is -3.30. The van der Waals surface area contributed by atoms with E-state index in [2.05, 4.69) is 94.3 Å². The maximum atomic E-state index is 15.9. The summed E-state index contributed by atoms with van der Waals surface area (Å²) in [5, 5.41) is 26.2. The van der Waals surface area contributed by atoms with Gasteiger partial charge in [0.25, 0.3) is 21.2 Å². The fourth-order valence-electron chi connectivity index (χ4n) is 16.3. The molecule has 21 rings (SSSR count). The molecule has 69 heteroatoms. The molecule has 0 radical (unpaired) electrons. The topological polar surface area (TPSA) is 792 Å². The SMILES string of the molecule is Cc1nc2c(ncn2C2OC3CCS(=O)(=O)OC4C(COP(=O)(O)OC2C3O)OC(n2cnc3c(N)ncnc32)C4F)c(=O)[nH]1.Cc1nc2c(ncn2C2OC3CNS(=O)(=O)OC4C(COP(O)(=S)OC2C3)OC(n2cnc3c(N)ncnc32)C4F)c(=O)[nH]1.Nc1ncnc2c1ncn2C1OC2CNS(=O)(=O)OC3C(c4cnc5c(N)ccnn45)OC(COP(=O)(O)OC2C1F)C3O. The van der Waals surface area contributed by atoms with Crippen LogP contribution in [0.2, 0.25) is 0 Å². The monoisotopic (exact) mass is 2010 g/mol. The van der Waals surface area contributed by atoms with Gasteiger partial charge in [0.15, 0.2) is 112 Å². The minimum Gasteiger partial charge on any atom is -0.396 e. The zero-order chi connectivity index (χ0) is 93.8. The molecular weight excluding hydrogens is 1930 g/mol. The highest BCUT2D eigenvalue weighted by molar-refractivity contribution is 8.07. The average molecular weight is 2010 g/mol. The first-order valence-corrected chi connectivity index (χ1v) is 49.3. The van der Waals surface area contributed by atoms with E-state index < -0.39 is 244 Å². The van der Waals surface area contributed by atoms with Crippen LogP contribution in [-0.4, -0.2) is 305 Å². The van der Waals surface area contributed by atoms with Gasteiger partial charge in [0.05, 0.1) is 93.2 Å². The van der Waals surface area contributed by atoms with E-state index >= 15 is 13.2 Å².